The van der Waals surface area contributed by atoms with E-state index in [4.69, 9.17) is 14.2 Å². The number of aryl methyl sites for hydroxylation is 1. The molecule has 0 aliphatic rings. The van der Waals surface area contributed by atoms with E-state index in [9.17, 15) is 14.3 Å². The molecule has 13 heteroatoms. The van der Waals surface area contributed by atoms with E-state index in [0.717, 1.165) is 11.1 Å². The lowest BCUT2D eigenvalue weighted by molar-refractivity contribution is 0.0739. The highest BCUT2D eigenvalue weighted by Crippen LogP contribution is 2.35. The molecule has 1 aromatic carbocycles. The van der Waals surface area contributed by atoms with Crippen LogP contribution in [-0.2, 0) is 10.3 Å². The highest BCUT2D eigenvalue weighted by Gasteiger charge is 2.18. The molecule has 0 saturated heterocycles. The first-order valence-electron chi connectivity index (χ1n) is 12.1. The number of aliphatic hydroxyl groups is 1. The number of nitrogens with zero attached hydrogens (tertiary/aromatic N) is 5. The lowest BCUT2D eigenvalue weighted by Crippen LogP contribution is -2.19. The van der Waals surface area contributed by atoms with Crippen molar-refractivity contribution in [1.82, 2.24) is 24.9 Å². The van der Waals surface area contributed by atoms with Crippen molar-refractivity contribution < 1.29 is 28.5 Å². The maximum atomic E-state index is 14.7. The molecular formula is C27H25FN6O5S. The Kier molecular flexibility index (Phi) is 7.41. The van der Waals surface area contributed by atoms with Crippen molar-refractivity contribution in [3.8, 4) is 22.3 Å². The number of nitrogens with one attached hydrogen (secondary N) is 1. The minimum atomic E-state index is -1.10. The smallest absolute Gasteiger partial charge is 0.411 e. The Morgan fingerprint density at radius 3 is 2.62 bits per heavy atom. The van der Waals surface area contributed by atoms with Crippen LogP contribution in [0.25, 0.3) is 32.0 Å². The number of carbonyl (C=O) groups is 1. The highest BCUT2D eigenvalue weighted by atomic mass is 32.1. The average molecular weight is 565 g/mol. The van der Waals surface area contributed by atoms with Crippen molar-refractivity contribution in [2.45, 2.75) is 26.4 Å². The van der Waals surface area contributed by atoms with E-state index in [1.807, 2.05) is 19.1 Å². The molecule has 5 aromatic rings. The minimum absolute atomic E-state index is 0.121. The first-order chi connectivity index (χ1) is 19.1. The second-order valence-corrected chi connectivity index (χ2v) is 10.3. The minimum Gasteiger partial charge on any atom is -0.480 e. The zero-order valence-electron chi connectivity index (χ0n) is 22.1. The van der Waals surface area contributed by atoms with Gasteiger partial charge in [-0.15, -0.1) is 0 Å². The molecular weight excluding hydrogens is 539 g/mol. The van der Waals surface area contributed by atoms with Crippen molar-refractivity contribution in [3.63, 3.8) is 0 Å². The van der Waals surface area contributed by atoms with Gasteiger partial charge >= 0.3 is 6.09 Å². The summed E-state index contributed by atoms with van der Waals surface area (Å²) in [6.45, 7) is 4.89. The van der Waals surface area contributed by atoms with Crippen LogP contribution < -0.4 is 14.8 Å². The molecule has 40 heavy (non-hydrogen) atoms. The Bertz CT molecular complexity index is 1700. The summed E-state index contributed by atoms with van der Waals surface area (Å²) in [5.41, 5.74) is 3.14. The van der Waals surface area contributed by atoms with Gasteiger partial charge < -0.3 is 19.3 Å². The Labute approximate surface area is 232 Å². The number of ether oxygens (including phenoxy) is 3. The zero-order chi connectivity index (χ0) is 28.4. The number of fused-ring (bicyclic) bond motifs is 2. The molecule has 206 valence electrons. The molecule has 2 N–H and O–H groups in total. The SMILES string of the molecule is COc1cnc2c(-c3nc4cc(F)c(OCCOC(=O)Nc5ccc(C(C)(C)O)nc5)nc4s3)cc(C)cc2n1. The topological polar surface area (TPSA) is 141 Å². The summed E-state index contributed by atoms with van der Waals surface area (Å²) in [4.78, 5) is 34.4. The number of thiazole rings is 1. The Morgan fingerprint density at radius 1 is 1.07 bits per heavy atom. The van der Waals surface area contributed by atoms with Crippen molar-refractivity contribution in [3.05, 3.63) is 59.8 Å². The van der Waals surface area contributed by atoms with Gasteiger partial charge in [0.1, 0.15) is 34.2 Å². The quantitative estimate of drug-likeness (QED) is 0.247. The Morgan fingerprint density at radius 2 is 1.90 bits per heavy atom. The molecule has 0 unspecified atom stereocenters. The second kappa shape index (κ2) is 10.9. The van der Waals surface area contributed by atoms with Gasteiger partial charge in [0, 0.05) is 11.6 Å². The molecule has 0 fully saturated rings. The summed E-state index contributed by atoms with van der Waals surface area (Å²) in [6.07, 6.45) is 2.21. The fourth-order valence-corrected chi connectivity index (χ4v) is 4.74. The molecule has 0 spiro atoms. The van der Waals surface area contributed by atoms with Crippen LogP contribution in [0.4, 0.5) is 14.9 Å². The molecule has 5 rings (SSSR count). The van der Waals surface area contributed by atoms with Gasteiger partial charge in [-0.25, -0.2) is 24.1 Å². The summed E-state index contributed by atoms with van der Waals surface area (Å²) in [7, 11) is 1.53. The average Bonchev–Trinajstić information content (AvgIpc) is 3.32. The van der Waals surface area contributed by atoms with E-state index < -0.39 is 17.5 Å². The molecule has 1 amide bonds. The molecule has 0 aliphatic heterocycles. The molecule has 0 atom stereocenters. The third-order valence-corrected chi connectivity index (χ3v) is 6.70. The van der Waals surface area contributed by atoms with Crippen LogP contribution in [0, 0.1) is 12.7 Å². The van der Waals surface area contributed by atoms with Gasteiger partial charge in [0.15, 0.2) is 5.82 Å². The van der Waals surface area contributed by atoms with E-state index in [-0.39, 0.29) is 19.1 Å². The number of pyridine rings is 2. The number of hydrogen-bond acceptors (Lipinski definition) is 11. The van der Waals surface area contributed by atoms with Crippen LogP contribution in [0.3, 0.4) is 0 Å². The maximum Gasteiger partial charge on any atom is 0.411 e. The number of benzene rings is 1. The van der Waals surface area contributed by atoms with Gasteiger partial charge in [0.25, 0.3) is 5.88 Å². The lowest BCUT2D eigenvalue weighted by atomic mass is 10.1. The molecule has 0 saturated carbocycles. The third-order valence-electron chi connectivity index (χ3n) is 5.71. The zero-order valence-corrected chi connectivity index (χ0v) is 22.9. The summed E-state index contributed by atoms with van der Waals surface area (Å²) in [6, 6.07) is 8.29. The van der Waals surface area contributed by atoms with Gasteiger partial charge in [-0.05, 0) is 50.6 Å². The van der Waals surface area contributed by atoms with Crippen LogP contribution in [-0.4, -0.2) is 56.4 Å². The fourth-order valence-electron chi connectivity index (χ4n) is 3.81. The molecule has 4 aromatic heterocycles. The number of rotatable bonds is 8. The van der Waals surface area contributed by atoms with Gasteiger partial charge in [0.2, 0.25) is 5.88 Å². The van der Waals surface area contributed by atoms with Crippen molar-refractivity contribution in [1.29, 1.82) is 0 Å². The number of hydrogen-bond donors (Lipinski definition) is 2. The highest BCUT2D eigenvalue weighted by molar-refractivity contribution is 7.21. The standard InChI is InChI=1S/C27H25FN6O5S/c1-14-9-16(22-18(10-14)32-21(37-4)13-30-22)24-33-19-11-17(28)23(34-25(19)40-24)38-7-8-39-26(35)31-15-5-6-20(29-12-15)27(2,3)36/h5-6,9-13,36H,7-8H2,1-4H3,(H,31,35). The lowest BCUT2D eigenvalue weighted by Gasteiger charge is -2.16. The number of anilines is 1. The number of aromatic nitrogens is 5. The molecule has 11 nitrogen and oxygen atoms in total. The van der Waals surface area contributed by atoms with E-state index in [1.54, 1.807) is 26.0 Å². The summed E-state index contributed by atoms with van der Waals surface area (Å²) in [5.74, 6) is -0.514. The van der Waals surface area contributed by atoms with Gasteiger partial charge in [0.05, 0.1) is 41.9 Å². The Balaban J connectivity index is 1.24. The second-order valence-electron chi connectivity index (χ2n) is 9.31. The van der Waals surface area contributed by atoms with Crippen LogP contribution in [0.1, 0.15) is 25.1 Å². The van der Waals surface area contributed by atoms with Crippen molar-refractivity contribution in [2.75, 3.05) is 25.6 Å². The maximum absolute atomic E-state index is 14.7. The number of amides is 1. The first-order valence-corrected chi connectivity index (χ1v) is 13.0. The van der Waals surface area contributed by atoms with Crippen molar-refractivity contribution >= 4 is 44.5 Å². The van der Waals surface area contributed by atoms with Crippen LogP contribution in [0.5, 0.6) is 11.8 Å². The normalized spacial score (nSPS) is 11.6. The predicted molar refractivity (Wildman–Crippen MR) is 147 cm³/mol. The van der Waals surface area contributed by atoms with Crippen LogP contribution >= 0.6 is 11.3 Å². The summed E-state index contributed by atoms with van der Waals surface area (Å²) in [5, 5.41) is 13.1. The van der Waals surface area contributed by atoms with Gasteiger partial charge in [-0.1, -0.05) is 11.3 Å². The van der Waals surface area contributed by atoms with Crippen LogP contribution in [0.15, 0.2) is 42.7 Å². The largest absolute Gasteiger partial charge is 0.480 e. The summed E-state index contributed by atoms with van der Waals surface area (Å²) >= 11 is 1.27. The predicted octanol–water partition coefficient (Wildman–Crippen LogP) is 5.01. The molecule has 0 bridgehead atoms. The number of halogens is 1. The number of methoxy groups -OCH3 is 1. The number of carbonyl (C=O) groups excluding carboxylic acids is 1. The van der Waals surface area contributed by atoms with E-state index >= 15 is 0 Å². The van der Waals surface area contributed by atoms with Gasteiger partial charge in [-0.2, -0.15) is 4.98 Å². The molecule has 0 aliphatic carbocycles. The monoisotopic (exact) mass is 564 g/mol. The van der Waals surface area contributed by atoms with E-state index in [0.29, 0.717) is 43.6 Å². The molecule has 0 radical (unpaired) electrons. The van der Waals surface area contributed by atoms with Crippen molar-refractivity contribution in [2.24, 2.45) is 0 Å². The third kappa shape index (κ3) is 5.90. The summed E-state index contributed by atoms with van der Waals surface area (Å²) < 4.78 is 30.4. The fraction of sp³-hybridized carbons (Fsp3) is 0.259. The van der Waals surface area contributed by atoms with Crippen LogP contribution in [0.2, 0.25) is 0 Å². The van der Waals surface area contributed by atoms with E-state index in [1.165, 1.54) is 36.9 Å². The first kappa shape index (κ1) is 27.1. The molecule has 4 heterocycles. The van der Waals surface area contributed by atoms with Gasteiger partial charge in [-0.3, -0.25) is 10.3 Å². The Hall–Kier alpha value is -4.49. The van der Waals surface area contributed by atoms with E-state index in [2.05, 4.69) is 30.2 Å².